The van der Waals surface area contributed by atoms with Crippen molar-refractivity contribution in [1.82, 2.24) is 0 Å². The van der Waals surface area contributed by atoms with E-state index >= 15 is 0 Å². The number of carbonyl (C=O) groups is 1. The molecule has 0 bridgehead atoms. The largest absolute Gasteiger partial charge is 0.463 e. The Morgan fingerprint density at radius 1 is 1.14 bits per heavy atom. The van der Waals surface area contributed by atoms with E-state index in [-0.39, 0.29) is 12.6 Å². The van der Waals surface area contributed by atoms with Crippen LogP contribution in [0, 0.1) is 17.8 Å². The van der Waals surface area contributed by atoms with Gasteiger partial charge in [-0.3, -0.25) is 4.79 Å². The molecule has 0 saturated heterocycles. The van der Waals surface area contributed by atoms with E-state index in [4.69, 9.17) is 4.74 Å². The maximum Gasteiger partial charge on any atom is 0.302 e. The van der Waals surface area contributed by atoms with Crippen molar-refractivity contribution in [3.63, 3.8) is 0 Å². The Bertz CT molecular complexity index is 469. The smallest absolute Gasteiger partial charge is 0.302 e. The lowest BCUT2D eigenvalue weighted by Crippen LogP contribution is -2.17. The molecule has 3 heteroatoms. The fourth-order valence-electron chi connectivity index (χ4n) is 4.21. The number of aliphatic hydroxyl groups excluding tert-OH is 1. The molecule has 0 heterocycles. The molecule has 1 aliphatic rings. The van der Waals surface area contributed by atoms with Crippen LogP contribution in [0.3, 0.4) is 0 Å². The van der Waals surface area contributed by atoms with Gasteiger partial charge in [-0.05, 0) is 49.9 Å². The van der Waals surface area contributed by atoms with Crippen LogP contribution >= 0.6 is 0 Å². The molecular formula is C26H46O3. The average molecular weight is 407 g/mol. The zero-order valence-corrected chi connectivity index (χ0v) is 19.3. The van der Waals surface area contributed by atoms with Crippen LogP contribution in [-0.4, -0.2) is 23.8 Å². The molecule has 0 aromatic rings. The third kappa shape index (κ3) is 13.7. The topological polar surface area (TPSA) is 46.5 Å². The summed E-state index contributed by atoms with van der Waals surface area (Å²) in [5.41, 5.74) is 0. The van der Waals surface area contributed by atoms with E-state index in [1.165, 1.54) is 71.1 Å². The molecule has 1 aliphatic carbocycles. The summed E-state index contributed by atoms with van der Waals surface area (Å²) < 4.78 is 4.83. The van der Waals surface area contributed by atoms with Gasteiger partial charge in [0, 0.05) is 6.92 Å². The highest BCUT2D eigenvalue weighted by Gasteiger charge is 2.19. The van der Waals surface area contributed by atoms with Crippen molar-refractivity contribution < 1.29 is 14.6 Å². The molecule has 0 saturated carbocycles. The second-order valence-electron chi connectivity index (χ2n) is 9.06. The van der Waals surface area contributed by atoms with E-state index in [0.29, 0.717) is 5.92 Å². The van der Waals surface area contributed by atoms with Crippen LogP contribution in [0.1, 0.15) is 104 Å². The fourth-order valence-corrected chi connectivity index (χ4v) is 4.21. The monoisotopic (exact) mass is 406 g/mol. The molecule has 4 atom stereocenters. The zero-order valence-electron chi connectivity index (χ0n) is 19.3. The second-order valence-corrected chi connectivity index (χ2v) is 9.06. The molecule has 0 fully saturated rings. The lowest BCUT2D eigenvalue weighted by atomic mass is 9.89. The van der Waals surface area contributed by atoms with Crippen LogP contribution in [0.5, 0.6) is 0 Å². The summed E-state index contributed by atoms with van der Waals surface area (Å²) in [6.45, 7) is 6.19. The lowest BCUT2D eigenvalue weighted by molar-refractivity contribution is -0.144. The first kappa shape index (κ1) is 25.9. The maximum absolute atomic E-state index is 10.7. The van der Waals surface area contributed by atoms with Crippen molar-refractivity contribution in [2.24, 2.45) is 17.8 Å². The highest BCUT2D eigenvalue weighted by atomic mass is 16.5. The van der Waals surface area contributed by atoms with Gasteiger partial charge in [0.1, 0.15) is 6.61 Å². The first-order valence-corrected chi connectivity index (χ1v) is 12.2. The molecule has 1 rings (SSSR count). The van der Waals surface area contributed by atoms with Gasteiger partial charge in [-0.2, -0.15) is 0 Å². The van der Waals surface area contributed by atoms with Crippen LogP contribution < -0.4 is 0 Å². The highest BCUT2D eigenvalue weighted by molar-refractivity contribution is 5.65. The summed E-state index contributed by atoms with van der Waals surface area (Å²) in [5.74, 6) is 1.95. The zero-order chi connectivity index (χ0) is 21.3. The summed E-state index contributed by atoms with van der Waals surface area (Å²) in [4.78, 5) is 10.7. The summed E-state index contributed by atoms with van der Waals surface area (Å²) in [5, 5.41) is 9.76. The van der Waals surface area contributed by atoms with Gasteiger partial charge in [0.15, 0.2) is 0 Å². The van der Waals surface area contributed by atoms with Gasteiger partial charge in [0.2, 0.25) is 0 Å². The van der Waals surface area contributed by atoms with E-state index in [2.05, 4.69) is 38.2 Å². The first-order chi connectivity index (χ1) is 14.0. The molecule has 0 amide bonds. The highest BCUT2D eigenvalue weighted by Crippen LogP contribution is 2.31. The maximum atomic E-state index is 10.7. The Kier molecular flexibility index (Phi) is 14.9. The predicted octanol–water partition coefficient (Wildman–Crippen LogP) is 7.00. The van der Waals surface area contributed by atoms with Crippen molar-refractivity contribution in [3.8, 4) is 0 Å². The minimum Gasteiger partial charge on any atom is -0.463 e. The molecular weight excluding hydrogens is 360 g/mol. The Hall–Kier alpha value is -1.09. The average Bonchev–Trinajstić information content (AvgIpc) is 3.13. The third-order valence-electron chi connectivity index (χ3n) is 6.17. The van der Waals surface area contributed by atoms with Crippen LogP contribution in [0.2, 0.25) is 0 Å². The van der Waals surface area contributed by atoms with E-state index < -0.39 is 6.10 Å². The van der Waals surface area contributed by atoms with E-state index in [1.807, 2.05) is 0 Å². The Morgan fingerprint density at radius 3 is 2.66 bits per heavy atom. The molecule has 0 aliphatic heterocycles. The van der Waals surface area contributed by atoms with Crippen LogP contribution in [0.15, 0.2) is 24.3 Å². The molecule has 168 valence electrons. The van der Waals surface area contributed by atoms with Crippen LogP contribution in [0.25, 0.3) is 0 Å². The number of unbranched alkanes of at least 4 members (excludes halogenated alkanes) is 5. The Morgan fingerprint density at radius 2 is 1.90 bits per heavy atom. The number of rotatable bonds is 17. The van der Waals surface area contributed by atoms with E-state index in [9.17, 15) is 9.90 Å². The van der Waals surface area contributed by atoms with Crippen molar-refractivity contribution in [3.05, 3.63) is 24.3 Å². The predicted molar refractivity (Wildman–Crippen MR) is 123 cm³/mol. The minimum atomic E-state index is -0.512. The van der Waals surface area contributed by atoms with Crippen molar-refractivity contribution in [1.29, 1.82) is 0 Å². The molecule has 2 unspecified atom stereocenters. The van der Waals surface area contributed by atoms with E-state index in [0.717, 1.165) is 31.1 Å². The molecule has 0 aromatic heterocycles. The Labute approximate surface area is 180 Å². The van der Waals surface area contributed by atoms with Crippen LogP contribution in [-0.2, 0) is 9.53 Å². The molecule has 0 radical (unpaired) electrons. The summed E-state index contributed by atoms with van der Waals surface area (Å²) in [6.07, 6.45) is 25.0. The SMILES string of the molecule is CCCCCC(C)CCC=C[C@H]1C=CC[C@@H]1CCCCCCC(O)COC(C)=O. The van der Waals surface area contributed by atoms with Gasteiger partial charge in [-0.25, -0.2) is 0 Å². The summed E-state index contributed by atoms with van der Waals surface area (Å²) >= 11 is 0. The molecule has 0 spiro atoms. The van der Waals surface area contributed by atoms with Crippen LogP contribution in [0.4, 0.5) is 0 Å². The van der Waals surface area contributed by atoms with Gasteiger partial charge in [-0.1, -0.05) is 89.5 Å². The summed E-state index contributed by atoms with van der Waals surface area (Å²) in [6, 6.07) is 0. The number of allylic oxidation sites excluding steroid dienone is 4. The van der Waals surface area contributed by atoms with Gasteiger partial charge in [-0.15, -0.1) is 0 Å². The van der Waals surface area contributed by atoms with Crippen molar-refractivity contribution in [2.45, 2.75) is 110 Å². The quantitative estimate of drug-likeness (QED) is 0.161. The number of aliphatic hydroxyl groups is 1. The molecule has 0 aromatic carbocycles. The standard InChI is InChI=1S/C26H46O3/c1-4-5-8-14-22(2)15-11-12-17-25-19-13-18-24(25)16-9-6-7-10-20-26(28)21-29-23(3)27/h12-13,17,19,22,24-26,28H,4-11,14-16,18,20-21H2,1-3H3/t22?,24-,25-,26?/m0/s1. The molecule has 1 N–H and O–H groups in total. The second kappa shape index (κ2) is 16.7. The first-order valence-electron chi connectivity index (χ1n) is 12.2. The Balaban J connectivity index is 2.07. The van der Waals surface area contributed by atoms with Crippen molar-refractivity contribution >= 4 is 5.97 Å². The summed E-state index contributed by atoms with van der Waals surface area (Å²) in [7, 11) is 0. The fraction of sp³-hybridized carbons (Fsp3) is 0.808. The number of carbonyl (C=O) groups excluding carboxylic acids is 1. The number of esters is 1. The van der Waals surface area contributed by atoms with E-state index in [1.54, 1.807) is 0 Å². The van der Waals surface area contributed by atoms with Crippen molar-refractivity contribution in [2.75, 3.05) is 6.61 Å². The van der Waals surface area contributed by atoms with Gasteiger partial charge < -0.3 is 9.84 Å². The van der Waals surface area contributed by atoms with Gasteiger partial charge in [0.05, 0.1) is 6.10 Å². The molecule has 29 heavy (non-hydrogen) atoms. The number of hydrogen-bond donors (Lipinski definition) is 1. The number of hydrogen-bond acceptors (Lipinski definition) is 3. The molecule has 3 nitrogen and oxygen atoms in total. The normalized spacial score (nSPS) is 21.0. The number of ether oxygens (including phenoxy) is 1. The minimum absolute atomic E-state index is 0.134. The van der Waals surface area contributed by atoms with Gasteiger partial charge >= 0.3 is 5.97 Å². The third-order valence-corrected chi connectivity index (χ3v) is 6.17. The lowest BCUT2D eigenvalue weighted by Gasteiger charge is -2.16. The van der Waals surface area contributed by atoms with Gasteiger partial charge in [0.25, 0.3) is 0 Å².